The number of rotatable bonds is 4. The maximum Gasteiger partial charge on any atom is 0.255 e. The van der Waals surface area contributed by atoms with Gasteiger partial charge in [0.2, 0.25) is 5.91 Å². The van der Waals surface area contributed by atoms with E-state index in [1.54, 1.807) is 7.11 Å². The van der Waals surface area contributed by atoms with Gasteiger partial charge in [-0.05, 0) is 30.2 Å². The molecule has 3 rings (SSSR count). The molecule has 0 unspecified atom stereocenters. The molecule has 0 saturated carbocycles. The largest absolute Gasteiger partial charge is 0.496 e. The molecule has 138 valence electrons. The Morgan fingerprint density at radius 3 is 2.35 bits per heavy atom. The number of hydrogen-bond donors (Lipinski definition) is 0. The zero-order valence-corrected chi connectivity index (χ0v) is 15.6. The van der Waals surface area contributed by atoms with Crippen LogP contribution in [0.2, 0.25) is 0 Å². The van der Waals surface area contributed by atoms with Crippen molar-refractivity contribution in [3.05, 3.63) is 53.3 Å². The summed E-state index contributed by atoms with van der Waals surface area (Å²) in [5.74, 6) is 0.957. The van der Waals surface area contributed by atoms with E-state index in [0.717, 1.165) is 16.9 Å². The average molecular weight is 355 g/mol. The molecule has 1 fully saturated rings. The zero-order chi connectivity index (χ0) is 18.7. The van der Waals surface area contributed by atoms with Gasteiger partial charge in [0.1, 0.15) is 5.75 Å². The Kier molecular flexibility index (Phi) is 5.30. The Bertz CT molecular complexity index is 804. The molecule has 0 atom stereocenters. The van der Waals surface area contributed by atoms with Gasteiger partial charge in [0.25, 0.3) is 5.91 Å². The maximum atomic E-state index is 12.6. The molecule has 0 radical (unpaired) electrons. The van der Waals surface area contributed by atoms with Crippen molar-refractivity contribution in [1.29, 1.82) is 0 Å². The molecule has 1 aromatic carbocycles. The molecule has 1 aromatic heterocycles. The van der Waals surface area contributed by atoms with Gasteiger partial charge in [-0.25, -0.2) is 0 Å². The van der Waals surface area contributed by atoms with Crippen LogP contribution in [0.4, 0.5) is 0 Å². The second-order valence-corrected chi connectivity index (χ2v) is 6.72. The van der Waals surface area contributed by atoms with E-state index in [4.69, 9.17) is 4.74 Å². The lowest BCUT2D eigenvalue weighted by atomic mass is 10.1. The second-order valence-electron chi connectivity index (χ2n) is 6.72. The topological polar surface area (TPSA) is 54.8 Å². The van der Waals surface area contributed by atoms with Gasteiger partial charge in [-0.15, -0.1) is 0 Å². The van der Waals surface area contributed by atoms with Crippen LogP contribution in [0.5, 0.6) is 5.75 Å². The first-order valence-electron chi connectivity index (χ1n) is 8.80. The van der Waals surface area contributed by atoms with Crippen molar-refractivity contribution >= 4 is 11.8 Å². The number of methoxy groups -OCH3 is 1. The van der Waals surface area contributed by atoms with Crippen molar-refractivity contribution in [2.75, 3.05) is 33.3 Å². The highest BCUT2D eigenvalue weighted by Crippen LogP contribution is 2.19. The normalized spacial score (nSPS) is 14.4. The zero-order valence-electron chi connectivity index (χ0n) is 15.6. The van der Waals surface area contributed by atoms with Crippen LogP contribution in [-0.4, -0.2) is 59.5 Å². The number of benzene rings is 1. The Hall–Kier alpha value is -2.76. The number of aromatic nitrogens is 1. The van der Waals surface area contributed by atoms with E-state index >= 15 is 0 Å². The van der Waals surface area contributed by atoms with Crippen LogP contribution in [0.15, 0.2) is 36.7 Å². The van der Waals surface area contributed by atoms with E-state index in [-0.39, 0.29) is 11.8 Å². The van der Waals surface area contributed by atoms with Crippen molar-refractivity contribution < 1.29 is 14.3 Å². The fourth-order valence-electron chi connectivity index (χ4n) is 3.31. The van der Waals surface area contributed by atoms with Gasteiger partial charge in [-0.1, -0.05) is 12.1 Å². The molecule has 2 heterocycles. The predicted molar refractivity (Wildman–Crippen MR) is 99.3 cm³/mol. The monoisotopic (exact) mass is 355 g/mol. The van der Waals surface area contributed by atoms with Crippen LogP contribution in [0.1, 0.15) is 21.5 Å². The predicted octanol–water partition coefficient (Wildman–Crippen LogP) is 1.87. The van der Waals surface area contributed by atoms with E-state index in [2.05, 4.69) is 0 Å². The molecule has 0 N–H and O–H groups in total. The highest BCUT2D eigenvalue weighted by atomic mass is 16.5. The number of hydrogen-bond acceptors (Lipinski definition) is 3. The van der Waals surface area contributed by atoms with Gasteiger partial charge in [0, 0.05) is 45.6 Å². The molecule has 1 aliphatic rings. The molecule has 1 aliphatic heterocycles. The fourth-order valence-corrected chi connectivity index (χ4v) is 3.31. The second kappa shape index (κ2) is 7.64. The van der Waals surface area contributed by atoms with Crippen LogP contribution in [0, 0.1) is 6.92 Å². The van der Waals surface area contributed by atoms with Crippen LogP contribution in [0.25, 0.3) is 0 Å². The third kappa shape index (κ3) is 3.90. The molecule has 6 nitrogen and oxygen atoms in total. The number of amides is 2. The summed E-state index contributed by atoms with van der Waals surface area (Å²) in [5, 5.41) is 0. The van der Waals surface area contributed by atoms with Crippen LogP contribution < -0.4 is 4.74 Å². The highest BCUT2D eigenvalue weighted by Gasteiger charge is 2.25. The molecule has 6 heteroatoms. The number of nitrogens with zero attached hydrogens (tertiary/aromatic N) is 3. The number of ether oxygens (including phenoxy) is 1. The number of piperazine rings is 1. The van der Waals surface area contributed by atoms with Crippen molar-refractivity contribution in [1.82, 2.24) is 14.4 Å². The first kappa shape index (κ1) is 18.0. The Balaban J connectivity index is 1.55. The molecule has 2 amide bonds. The number of carbonyl (C=O) groups is 2. The highest BCUT2D eigenvalue weighted by molar-refractivity contribution is 5.94. The van der Waals surface area contributed by atoms with E-state index in [1.165, 1.54) is 0 Å². The van der Waals surface area contributed by atoms with E-state index < -0.39 is 0 Å². The summed E-state index contributed by atoms with van der Waals surface area (Å²) in [5.41, 5.74) is 2.70. The minimum absolute atomic E-state index is 0.0310. The maximum absolute atomic E-state index is 12.6. The van der Waals surface area contributed by atoms with Crippen LogP contribution in [-0.2, 0) is 18.3 Å². The lowest BCUT2D eigenvalue weighted by molar-refractivity contribution is -0.131. The van der Waals surface area contributed by atoms with Gasteiger partial charge in [0.15, 0.2) is 0 Å². The van der Waals surface area contributed by atoms with E-state index in [9.17, 15) is 9.59 Å². The minimum Gasteiger partial charge on any atom is -0.496 e. The van der Waals surface area contributed by atoms with Crippen LogP contribution in [0.3, 0.4) is 0 Å². The molecule has 0 aliphatic carbocycles. The van der Waals surface area contributed by atoms with Crippen molar-refractivity contribution in [2.45, 2.75) is 13.3 Å². The lowest BCUT2D eigenvalue weighted by Crippen LogP contribution is -2.50. The van der Waals surface area contributed by atoms with Crippen LogP contribution >= 0.6 is 0 Å². The van der Waals surface area contributed by atoms with Crippen molar-refractivity contribution in [3.8, 4) is 5.75 Å². The first-order valence-corrected chi connectivity index (χ1v) is 8.80. The number of aryl methyl sites for hydroxylation is 2. The average Bonchev–Trinajstić information content (AvgIpc) is 3.08. The van der Waals surface area contributed by atoms with E-state index in [1.807, 2.05) is 65.0 Å². The summed E-state index contributed by atoms with van der Waals surface area (Å²) < 4.78 is 7.12. The summed E-state index contributed by atoms with van der Waals surface area (Å²) in [6.45, 7) is 4.27. The summed E-state index contributed by atoms with van der Waals surface area (Å²) >= 11 is 0. The first-order chi connectivity index (χ1) is 12.5. The van der Waals surface area contributed by atoms with Gasteiger partial charge < -0.3 is 19.1 Å². The van der Waals surface area contributed by atoms with Gasteiger partial charge in [-0.2, -0.15) is 0 Å². The summed E-state index contributed by atoms with van der Waals surface area (Å²) in [7, 11) is 3.54. The summed E-state index contributed by atoms with van der Waals surface area (Å²) in [4.78, 5) is 28.7. The number of carbonyl (C=O) groups excluding carboxylic acids is 2. The van der Waals surface area contributed by atoms with Gasteiger partial charge >= 0.3 is 0 Å². The van der Waals surface area contributed by atoms with E-state index in [0.29, 0.717) is 38.2 Å². The van der Waals surface area contributed by atoms with Crippen molar-refractivity contribution in [3.63, 3.8) is 0 Å². The SMILES string of the molecule is COc1ccc(CC(=O)N2CCN(C(=O)c3ccn(C)c3)CC2)cc1C. The molecule has 2 aromatic rings. The molecule has 26 heavy (non-hydrogen) atoms. The molecule has 0 spiro atoms. The third-order valence-electron chi connectivity index (χ3n) is 4.81. The molecule has 1 saturated heterocycles. The Labute approximate surface area is 154 Å². The fraction of sp³-hybridized carbons (Fsp3) is 0.400. The van der Waals surface area contributed by atoms with Gasteiger partial charge in [-0.3, -0.25) is 9.59 Å². The smallest absolute Gasteiger partial charge is 0.255 e. The van der Waals surface area contributed by atoms with Crippen molar-refractivity contribution in [2.24, 2.45) is 7.05 Å². The standard InChI is InChI=1S/C20H25N3O3/c1-15-12-16(4-5-18(15)26-3)13-19(24)22-8-10-23(11-9-22)20(25)17-6-7-21(2)14-17/h4-7,12,14H,8-11,13H2,1-3H3. The summed E-state index contributed by atoms with van der Waals surface area (Å²) in [6.07, 6.45) is 4.06. The molecule has 0 bridgehead atoms. The quantitative estimate of drug-likeness (QED) is 0.841. The third-order valence-corrected chi connectivity index (χ3v) is 4.81. The minimum atomic E-state index is 0.0310. The summed E-state index contributed by atoms with van der Waals surface area (Å²) in [6, 6.07) is 7.64. The molecular weight excluding hydrogens is 330 g/mol. The molecular formula is C20H25N3O3. The van der Waals surface area contributed by atoms with Gasteiger partial charge in [0.05, 0.1) is 19.1 Å². The Morgan fingerprint density at radius 1 is 1.08 bits per heavy atom. The Morgan fingerprint density at radius 2 is 1.77 bits per heavy atom. The lowest BCUT2D eigenvalue weighted by Gasteiger charge is -2.34.